The van der Waals surface area contributed by atoms with Gasteiger partial charge in [0.1, 0.15) is 0 Å². The molecule has 2 aromatic carbocycles. The number of hydrogen-bond acceptors (Lipinski definition) is 5. The van der Waals surface area contributed by atoms with Crippen LogP contribution in [0.3, 0.4) is 0 Å². The molecule has 0 aliphatic rings. The molecule has 0 saturated heterocycles. The Hall–Kier alpha value is -3.55. The number of anilines is 2. The monoisotopic (exact) mass is 378 g/mol. The predicted molar refractivity (Wildman–Crippen MR) is 107 cm³/mol. The van der Waals surface area contributed by atoms with Crippen LogP contribution in [0.4, 0.5) is 11.4 Å². The van der Waals surface area contributed by atoms with E-state index >= 15 is 0 Å². The van der Waals surface area contributed by atoms with Crippen LogP contribution in [0.5, 0.6) is 0 Å². The normalized spacial score (nSPS) is 11.1. The molecule has 2 N–H and O–H groups in total. The average molecular weight is 378 g/mol. The van der Waals surface area contributed by atoms with Crippen LogP contribution < -0.4 is 10.6 Å². The molecular weight excluding hydrogens is 356 g/mol. The van der Waals surface area contributed by atoms with Crippen molar-refractivity contribution in [1.82, 2.24) is 20.2 Å². The maximum atomic E-state index is 12.6. The van der Waals surface area contributed by atoms with E-state index in [1.165, 1.54) is 0 Å². The van der Waals surface area contributed by atoms with E-state index in [4.69, 9.17) is 0 Å². The van der Waals surface area contributed by atoms with Crippen molar-refractivity contribution in [2.45, 2.75) is 20.8 Å². The molecule has 3 rings (SSSR count). The first-order valence-electron chi connectivity index (χ1n) is 8.80. The summed E-state index contributed by atoms with van der Waals surface area (Å²) in [6.07, 6.45) is 0. The third kappa shape index (κ3) is 4.40. The predicted octanol–water partition coefficient (Wildman–Crippen LogP) is 3.11. The van der Waals surface area contributed by atoms with Crippen LogP contribution >= 0.6 is 0 Å². The molecule has 0 spiro atoms. The molecule has 1 heterocycles. The number of nitrogens with one attached hydrogen (secondary N) is 2. The zero-order valence-corrected chi connectivity index (χ0v) is 16.2. The van der Waals surface area contributed by atoms with Crippen LogP contribution in [0.25, 0.3) is 11.4 Å². The maximum absolute atomic E-state index is 12.6. The van der Waals surface area contributed by atoms with Gasteiger partial charge in [-0.2, -0.15) is 0 Å². The molecule has 0 aliphatic carbocycles. The van der Waals surface area contributed by atoms with Crippen molar-refractivity contribution in [3.8, 4) is 11.4 Å². The van der Waals surface area contributed by atoms with Gasteiger partial charge in [-0.05, 0) is 40.8 Å². The summed E-state index contributed by atoms with van der Waals surface area (Å²) in [4.78, 5) is 24.8. The number of hydrogen-bond donors (Lipinski definition) is 2. The Morgan fingerprint density at radius 1 is 0.964 bits per heavy atom. The van der Waals surface area contributed by atoms with Crippen LogP contribution in [-0.2, 0) is 11.8 Å². The van der Waals surface area contributed by atoms with Crippen LogP contribution in [0.1, 0.15) is 31.1 Å². The van der Waals surface area contributed by atoms with Crippen LogP contribution in [0.15, 0.2) is 48.5 Å². The molecule has 0 fully saturated rings. The fourth-order valence-corrected chi connectivity index (χ4v) is 2.47. The topological polar surface area (TPSA) is 102 Å². The average Bonchev–Trinajstić information content (AvgIpc) is 3.07. The second-order valence-corrected chi connectivity index (χ2v) is 7.45. The van der Waals surface area contributed by atoms with Crippen molar-refractivity contribution in [3.63, 3.8) is 0 Å². The Kier molecular flexibility index (Phi) is 5.21. The Morgan fingerprint density at radius 2 is 1.64 bits per heavy atom. The van der Waals surface area contributed by atoms with Gasteiger partial charge in [0.05, 0.1) is 0 Å². The maximum Gasteiger partial charge on any atom is 0.255 e. The van der Waals surface area contributed by atoms with Gasteiger partial charge in [-0.25, -0.2) is 4.68 Å². The van der Waals surface area contributed by atoms with Crippen molar-refractivity contribution in [2.75, 3.05) is 10.6 Å². The number of amides is 2. The van der Waals surface area contributed by atoms with Gasteiger partial charge in [0.25, 0.3) is 5.91 Å². The van der Waals surface area contributed by atoms with E-state index in [1.807, 2.05) is 32.9 Å². The van der Waals surface area contributed by atoms with E-state index in [0.29, 0.717) is 22.8 Å². The smallest absolute Gasteiger partial charge is 0.255 e. The molecule has 0 saturated carbocycles. The van der Waals surface area contributed by atoms with E-state index in [0.717, 1.165) is 5.56 Å². The zero-order valence-electron chi connectivity index (χ0n) is 16.2. The van der Waals surface area contributed by atoms with Gasteiger partial charge < -0.3 is 10.6 Å². The molecule has 144 valence electrons. The Bertz CT molecular complexity index is 1020. The molecule has 0 atom stereocenters. The first-order valence-corrected chi connectivity index (χ1v) is 8.80. The number of carbonyl (C=O) groups is 2. The minimum Gasteiger partial charge on any atom is -0.326 e. The summed E-state index contributed by atoms with van der Waals surface area (Å²) in [5.41, 5.74) is 1.91. The minimum absolute atomic E-state index is 0.116. The Morgan fingerprint density at radius 3 is 2.29 bits per heavy atom. The van der Waals surface area contributed by atoms with Gasteiger partial charge >= 0.3 is 0 Å². The molecule has 8 heteroatoms. The number of carbonyl (C=O) groups excluding carboxylic acids is 2. The lowest BCUT2D eigenvalue weighted by Crippen LogP contribution is -2.27. The van der Waals surface area contributed by atoms with Gasteiger partial charge in [-0.3, -0.25) is 9.59 Å². The van der Waals surface area contributed by atoms with Gasteiger partial charge in [-0.15, -0.1) is 5.10 Å². The Labute approximate surface area is 163 Å². The summed E-state index contributed by atoms with van der Waals surface area (Å²) < 4.78 is 1.56. The minimum atomic E-state index is -0.520. The quantitative estimate of drug-likeness (QED) is 0.726. The molecule has 0 bridgehead atoms. The molecule has 1 aromatic heterocycles. The highest BCUT2D eigenvalue weighted by Crippen LogP contribution is 2.21. The number of aryl methyl sites for hydroxylation is 1. The van der Waals surface area contributed by atoms with Crippen LogP contribution in [0, 0.1) is 5.41 Å². The van der Waals surface area contributed by atoms with Crippen LogP contribution in [-0.4, -0.2) is 32.0 Å². The number of rotatable bonds is 4. The number of nitrogens with zero attached hydrogens (tertiary/aromatic N) is 4. The molecule has 8 nitrogen and oxygen atoms in total. The lowest BCUT2D eigenvalue weighted by Gasteiger charge is -2.18. The highest BCUT2D eigenvalue weighted by atomic mass is 16.2. The summed E-state index contributed by atoms with van der Waals surface area (Å²) in [5.74, 6) is 0.207. The highest BCUT2D eigenvalue weighted by Gasteiger charge is 2.21. The van der Waals surface area contributed by atoms with Crippen molar-refractivity contribution in [2.24, 2.45) is 12.5 Å². The highest BCUT2D eigenvalue weighted by molar-refractivity contribution is 6.05. The van der Waals surface area contributed by atoms with Crippen molar-refractivity contribution in [3.05, 3.63) is 54.1 Å². The van der Waals surface area contributed by atoms with E-state index in [-0.39, 0.29) is 11.8 Å². The molecule has 2 amide bonds. The summed E-state index contributed by atoms with van der Waals surface area (Å²) in [6, 6.07) is 14.1. The molecule has 0 unspecified atom stereocenters. The van der Waals surface area contributed by atoms with Gasteiger partial charge in [0.2, 0.25) is 5.91 Å². The first kappa shape index (κ1) is 19.2. The lowest BCUT2D eigenvalue weighted by atomic mass is 9.95. The van der Waals surface area contributed by atoms with Crippen molar-refractivity contribution >= 4 is 23.2 Å². The summed E-state index contributed by atoms with van der Waals surface area (Å²) >= 11 is 0. The molecule has 28 heavy (non-hydrogen) atoms. The fourth-order valence-electron chi connectivity index (χ4n) is 2.47. The number of benzene rings is 2. The molecular formula is C20H22N6O2. The van der Waals surface area contributed by atoms with Crippen molar-refractivity contribution in [1.29, 1.82) is 0 Å². The van der Waals surface area contributed by atoms with Gasteiger partial charge in [-0.1, -0.05) is 39.0 Å². The third-order valence-corrected chi connectivity index (χ3v) is 4.06. The largest absolute Gasteiger partial charge is 0.326 e. The van der Waals surface area contributed by atoms with Gasteiger partial charge in [0.15, 0.2) is 5.82 Å². The summed E-state index contributed by atoms with van der Waals surface area (Å²) in [7, 11) is 1.75. The number of tetrazole rings is 1. The summed E-state index contributed by atoms with van der Waals surface area (Å²) in [5, 5.41) is 17.1. The van der Waals surface area contributed by atoms with E-state index in [2.05, 4.69) is 26.2 Å². The molecule has 0 aliphatic heterocycles. The van der Waals surface area contributed by atoms with Crippen molar-refractivity contribution < 1.29 is 9.59 Å². The first-order chi connectivity index (χ1) is 13.2. The summed E-state index contributed by atoms with van der Waals surface area (Å²) in [6.45, 7) is 5.50. The zero-order chi connectivity index (χ0) is 20.3. The molecule has 0 radical (unpaired) electrons. The number of aromatic nitrogens is 4. The van der Waals surface area contributed by atoms with E-state index in [9.17, 15) is 9.59 Å². The Balaban J connectivity index is 1.76. The SMILES string of the molecule is Cn1nnnc1-c1cccc(NC(=O)c2cccc(NC(=O)C(C)(C)C)c2)c1. The molecule has 3 aromatic rings. The standard InChI is InChI=1S/C20H22N6O2/c1-20(2,3)19(28)22-16-10-6-8-14(12-16)18(27)21-15-9-5-7-13(11-15)17-23-24-25-26(17)4/h5-12H,1-4H3,(H,21,27)(H,22,28). The lowest BCUT2D eigenvalue weighted by molar-refractivity contribution is -0.123. The van der Waals surface area contributed by atoms with E-state index in [1.54, 1.807) is 48.1 Å². The third-order valence-electron chi connectivity index (χ3n) is 4.06. The second kappa shape index (κ2) is 7.59. The van der Waals surface area contributed by atoms with Crippen LogP contribution in [0.2, 0.25) is 0 Å². The second-order valence-electron chi connectivity index (χ2n) is 7.45. The van der Waals surface area contributed by atoms with Gasteiger partial charge in [0, 0.05) is 35.0 Å². The van der Waals surface area contributed by atoms with E-state index < -0.39 is 5.41 Å². The fraction of sp³-hybridized carbons (Fsp3) is 0.250.